The molecule has 1 heterocycles. The van der Waals surface area contributed by atoms with Gasteiger partial charge in [0.15, 0.2) is 5.78 Å². The van der Waals surface area contributed by atoms with Crippen LogP contribution in [0.15, 0.2) is 29.3 Å². The van der Waals surface area contributed by atoms with Gasteiger partial charge in [0.1, 0.15) is 0 Å². The van der Waals surface area contributed by atoms with Crippen LogP contribution < -0.4 is 5.32 Å². The predicted octanol–water partition coefficient (Wildman–Crippen LogP) is 3.30. The molecule has 0 bridgehead atoms. The minimum Gasteiger partial charge on any atom is -0.382 e. The van der Waals surface area contributed by atoms with Crippen molar-refractivity contribution in [1.82, 2.24) is 5.32 Å². The SMILES string of the molecule is CNC1=C(c2cccc(C(F)(F)F)c2)C(=O)C(C)S1. The molecule has 0 fully saturated rings. The quantitative estimate of drug-likeness (QED) is 0.905. The molecule has 102 valence electrons. The Bertz CT molecular complexity index is 551. The fourth-order valence-corrected chi connectivity index (χ4v) is 2.95. The van der Waals surface area contributed by atoms with Gasteiger partial charge in [-0.1, -0.05) is 23.9 Å². The zero-order valence-electron chi connectivity index (χ0n) is 10.3. The molecule has 1 aromatic carbocycles. The highest BCUT2D eigenvalue weighted by atomic mass is 32.2. The molecule has 1 aromatic rings. The number of rotatable bonds is 2. The third kappa shape index (κ3) is 2.63. The van der Waals surface area contributed by atoms with E-state index in [2.05, 4.69) is 5.32 Å². The van der Waals surface area contributed by atoms with E-state index in [1.807, 2.05) is 0 Å². The summed E-state index contributed by atoms with van der Waals surface area (Å²) in [5, 5.41) is 3.22. The van der Waals surface area contributed by atoms with Crippen molar-refractivity contribution in [2.75, 3.05) is 7.05 Å². The van der Waals surface area contributed by atoms with E-state index in [-0.39, 0.29) is 11.0 Å². The number of hydrogen-bond donors (Lipinski definition) is 1. The summed E-state index contributed by atoms with van der Waals surface area (Å²) in [5.74, 6) is -0.145. The van der Waals surface area contributed by atoms with Crippen LogP contribution in [0.5, 0.6) is 0 Å². The van der Waals surface area contributed by atoms with Crippen LogP contribution in [-0.2, 0) is 11.0 Å². The molecule has 0 spiro atoms. The number of carbonyl (C=O) groups is 1. The molecule has 1 aliphatic heterocycles. The Morgan fingerprint density at radius 1 is 1.32 bits per heavy atom. The molecule has 2 rings (SSSR count). The molecule has 0 amide bonds. The molecule has 1 unspecified atom stereocenters. The van der Waals surface area contributed by atoms with Crippen LogP contribution >= 0.6 is 11.8 Å². The van der Waals surface area contributed by atoms with Crippen LogP contribution in [0.25, 0.3) is 5.57 Å². The summed E-state index contributed by atoms with van der Waals surface area (Å²) in [6, 6.07) is 4.86. The average molecular weight is 287 g/mol. The van der Waals surface area contributed by atoms with E-state index in [0.29, 0.717) is 16.2 Å². The van der Waals surface area contributed by atoms with Crippen LogP contribution in [0.2, 0.25) is 0 Å². The van der Waals surface area contributed by atoms with Gasteiger partial charge in [0.25, 0.3) is 0 Å². The molecule has 0 aromatic heterocycles. The van der Waals surface area contributed by atoms with Crippen molar-refractivity contribution in [3.63, 3.8) is 0 Å². The summed E-state index contributed by atoms with van der Waals surface area (Å²) in [7, 11) is 1.65. The third-order valence-electron chi connectivity index (χ3n) is 2.84. The van der Waals surface area contributed by atoms with Crippen LogP contribution in [0.4, 0.5) is 13.2 Å². The fourth-order valence-electron chi connectivity index (χ4n) is 1.91. The molecular weight excluding hydrogens is 275 g/mol. The van der Waals surface area contributed by atoms with Gasteiger partial charge < -0.3 is 5.32 Å². The molecule has 0 saturated heterocycles. The van der Waals surface area contributed by atoms with Crippen LogP contribution in [0, 0.1) is 0 Å². The van der Waals surface area contributed by atoms with E-state index in [1.54, 1.807) is 14.0 Å². The van der Waals surface area contributed by atoms with Crippen molar-refractivity contribution >= 4 is 23.1 Å². The van der Waals surface area contributed by atoms with E-state index in [4.69, 9.17) is 0 Å². The van der Waals surface area contributed by atoms with Crippen LogP contribution in [-0.4, -0.2) is 18.1 Å². The summed E-state index contributed by atoms with van der Waals surface area (Å²) in [6.45, 7) is 1.74. The highest BCUT2D eigenvalue weighted by Gasteiger charge is 2.34. The summed E-state index contributed by atoms with van der Waals surface area (Å²) in [4.78, 5) is 12.0. The minimum absolute atomic E-state index is 0.145. The highest BCUT2D eigenvalue weighted by Crippen LogP contribution is 2.39. The Labute approximate surface area is 113 Å². The largest absolute Gasteiger partial charge is 0.416 e. The van der Waals surface area contributed by atoms with Gasteiger partial charge >= 0.3 is 6.18 Å². The van der Waals surface area contributed by atoms with Crippen molar-refractivity contribution in [1.29, 1.82) is 0 Å². The van der Waals surface area contributed by atoms with Crippen LogP contribution in [0.1, 0.15) is 18.1 Å². The molecule has 1 N–H and O–H groups in total. The number of hydrogen-bond acceptors (Lipinski definition) is 3. The molecular formula is C13H12F3NOS. The number of alkyl halides is 3. The van der Waals surface area contributed by atoms with Gasteiger partial charge in [-0.25, -0.2) is 0 Å². The first kappa shape index (κ1) is 14.0. The lowest BCUT2D eigenvalue weighted by atomic mass is 9.99. The molecule has 0 aliphatic carbocycles. The second-order valence-electron chi connectivity index (χ2n) is 4.16. The minimum atomic E-state index is -4.41. The van der Waals surface area contributed by atoms with Gasteiger partial charge in [0.2, 0.25) is 0 Å². The van der Waals surface area contributed by atoms with Crippen molar-refractivity contribution in [3.8, 4) is 0 Å². The number of allylic oxidation sites excluding steroid dienone is 1. The van der Waals surface area contributed by atoms with Gasteiger partial charge in [-0.2, -0.15) is 13.2 Å². The maximum Gasteiger partial charge on any atom is 0.416 e. The summed E-state index contributed by atoms with van der Waals surface area (Å²) >= 11 is 1.33. The molecule has 6 heteroatoms. The zero-order chi connectivity index (χ0) is 14.2. The van der Waals surface area contributed by atoms with E-state index >= 15 is 0 Å². The van der Waals surface area contributed by atoms with Gasteiger partial charge in [-0.15, -0.1) is 0 Å². The van der Waals surface area contributed by atoms with Crippen LogP contribution in [0.3, 0.4) is 0 Å². The Kier molecular flexibility index (Phi) is 3.62. The predicted molar refractivity (Wildman–Crippen MR) is 69.5 cm³/mol. The summed E-state index contributed by atoms with van der Waals surface area (Å²) in [6.07, 6.45) is -4.41. The first-order valence-electron chi connectivity index (χ1n) is 5.65. The lowest BCUT2D eigenvalue weighted by Crippen LogP contribution is -2.11. The van der Waals surface area contributed by atoms with Crippen molar-refractivity contribution in [3.05, 3.63) is 40.4 Å². The molecule has 19 heavy (non-hydrogen) atoms. The topological polar surface area (TPSA) is 29.1 Å². The van der Waals surface area contributed by atoms with E-state index in [9.17, 15) is 18.0 Å². The molecule has 0 saturated carbocycles. The fraction of sp³-hybridized carbons (Fsp3) is 0.308. The van der Waals surface area contributed by atoms with E-state index in [1.165, 1.54) is 23.9 Å². The van der Waals surface area contributed by atoms with Gasteiger partial charge in [0.05, 0.1) is 21.4 Å². The monoisotopic (exact) mass is 287 g/mol. The van der Waals surface area contributed by atoms with Crippen molar-refractivity contribution < 1.29 is 18.0 Å². The Hall–Kier alpha value is -1.43. The molecule has 0 radical (unpaired) electrons. The van der Waals surface area contributed by atoms with Gasteiger partial charge in [-0.05, 0) is 24.6 Å². The maximum atomic E-state index is 12.7. The lowest BCUT2D eigenvalue weighted by molar-refractivity contribution is -0.137. The summed E-state index contributed by atoms with van der Waals surface area (Å²) in [5.41, 5.74) is -0.0996. The Balaban J connectivity index is 2.50. The number of carbonyl (C=O) groups excluding carboxylic acids is 1. The lowest BCUT2D eigenvalue weighted by Gasteiger charge is -2.10. The standard InChI is InChI=1S/C13H12F3NOS/c1-7-11(18)10(12(17-2)19-7)8-4-3-5-9(6-8)13(14,15)16/h3-7,17H,1-2H3. The molecule has 1 aliphatic rings. The number of nitrogens with one attached hydrogen (secondary N) is 1. The normalized spacial score (nSPS) is 20.1. The van der Waals surface area contributed by atoms with Crippen molar-refractivity contribution in [2.45, 2.75) is 18.3 Å². The number of thioether (sulfide) groups is 1. The van der Waals surface area contributed by atoms with Gasteiger partial charge in [-0.3, -0.25) is 4.79 Å². The molecule has 1 atom stereocenters. The second kappa shape index (κ2) is 4.92. The first-order valence-corrected chi connectivity index (χ1v) is 6.53. The second-order valence-corrected chi connectivity index (χ2v) is 5.51. The average Bonchev–Trinajstić information content (AvgIpc) is 2.64. The number of ketones is 1. The number of Topliss-reactive ketones (excluding diaryl/α,β-unsaturated/α-hetero) is 1. The smallest absolute Gasteiger partial charge is 0.382 e. The van der Waals surface area contributed by atoms with E-state index < -0.39 is 11.7 Å². The summed E-state index contributed by atoms with van der Waals surface area (Å²) < 4.78 is 38.1. The number of benzene rings is 1. The molecule has 2 nitrogen and oxygen atoms in total. The first-order chi connectivity index (χ1) is 8.84. The van der Waals surface area contributed by atoms with Gasteiger partial charge in [0, 0.05) is 7.05 Å². The van der Waals surface area contributed by atoms with E-state index in [0.717, 1.165) is 12.1 Å². The Morgan fingerprint density at radius 2 is 2.00 bits per heavy atom. The Morgan fingerprint density at radius 3 is 2.58 bits per heavy atom. The zero-order valence-corrected chi connectivity index (χ0v) is 11.2. The highest BCUT2D eigenvalue weighted by molar-refractivity contribution is 8.05. The maximum absolute atomic E-state index is 12.7. The third-order valence-corrected chi connectivity index (χ3v) is 4.05. The number of halogens is 3. The van der Waals surface area contributed by atoms with Crippen molar-refractivity contribution in [2.24, 2.45) is 0 Å².